The van der Waals surface area contributed by atoms with Crippen LogP contribution in [0.15, 0.2) is 24.3 Å². The zero-order valence-electron chi connectivity index (χ0n) is 9.42. The smallest absolute Gasteiger partial charge is 0.273 e. The van der Waals surface area contributed by atoms with Crippen molar-refractivity contribution in [2.45, 2.75) is 19.4 Å². The molecule has 17 heavy (non-hydrogen) atoms. The lowest BCUT2D eigenvalue weighted by molar-refractivity contribution is -0.385. The monoisotopic (exact) mass is 238 g/mol. The summed E-state index contributed by atoms with van der Waals surface area (Å²) < 4.78 is 0. The van der Waals surface area contributed by atoms with Crippen LogP contribution in [0.2, 0.25) is 0 Å². The number of hydrogen-bond acceptors (Lipinski definition) is 4. The molecule has 0 spiro atoms. The predicted octanol–water partition coefficient (Wildman–Crippen LogP) is 0.634. The Kier molecular flexibility index (Phi) is 4.59. The van der Waals surface area contributed by atoms with Gasteiger partial charge in [0, 0.05) is 18.2 Å². The van der Waals surface area contributed by atoms with Crippen LogP contribution in [0.4, 0.5) is 5.69 Å². The standard InChI is InChI=1S/C11H14N2O4/c1-8(14)7-12-11(15)6-9-4-2-3-5-10(9)13(16)17/h2-5,8,14H,6-7H2,1H3,(H,12,15). The minimum Gasteiger partial charge on any atom is -0.392 e. The maximum atomic E-state index is 11.4. The summed E-state index contributed by atoms with van der Waals surface area (Å²) in [4.78, 5) is 21.6. The second-order valence-corrected chi connectivity index (χ2v) is 3.72. The Morgan fingerprint density at radius 1 is 1.53 bits per heavy atom. The number of carbonyl (C=O) groups is 1. The summed E-state index contributed by atoms with van der Waals surface area (Å²) >= 11 is 0. The Morgan fingerprint density at radius 3 is 2.76 bits per heavy atom. The molecule has 6 nitrogen and oxygen atoms in total. The summed E-state index contributed by atoms with van der Waals surface area (Å²) in [7, 11) is 0. The largest absolute Gasteiger partial charge is 0.392 e. The number of aliphatic hydroxyl groups excluding tert-OH is 1. The molecule has 6 heteroatoms. The molecule has 1 amide bonds. The van der Waals surface area contributed by atoms with Crippen molar-refractivity contribution in [1.29, 1.82) is 0 Å². The number of para-hydroxylation sites is 1. The van der Waals surface area contributed by atoms with Gasteiger partial charge in [-0.1, -0.05) is 18.2 Å². The van der Waals surface area contributed by atoms with Gasteiger partial charge in [0.15, 0.2) is 0 Å². The van der Waals surface area contributed by atoms with E-state index in [4.69, 9.17) is 5.11 Å². The van der Waals surface area contributed by atoms with Crippen molar-refractivity contribution in [3.05, 3.63) is 39.9 Å². The van der Waals surface area contributed by atoms with Crippen LogP contribution in [-0.2, 0) is 11.2 Å². The Balaban J connectivity index is 2.68. The lowest BCUT2D eigenvalue weighted by Crippen LogP contribution is -2.31. The van der Waals surface area contributed by atoms with E-state index in [1.807, 2.05) is 0 Å². The molecule has 0 aromatic heterocycles. The van der Waals surface area contributed by atoms with E-state index in [1.54, 1.807) is 25.1 Å². The Bertz CT molecular complexity index is 418. The fourth-order valence-corrected chi connectivity index (χ4v) is 1.34. The first-order chi connectivity index (χ1) is 8.00. The van der Waals surface area contributed by atoms with Crippen molar-refractivity contribution < 1.29 is 14.8 Å². The van der Waals surface area contributed by atoms with Crippen LogP contribution in [-0.4, -0.2) is 28.6 Å². The van der Waals surface area contributed by atoms with Crippen LogP contribution < -0.4 is 5.32 Å². The van der Waals surface area contributed by atoms with Crippen molar-refractivity contribution in [1.82, 2.24) is 5.32 Å². The van der Waals surface area contributed by atoms with Gasteiger partial charge in [0.25, 0.3) is 5.69 Å². The van der Waals surface area contributed by atoms with E-state index in [1.165, 1.54) is 6.07 Å². The van der Waals surface area contributed by atoms with Crippen molar-refractivity contribution in [2.75, 3.05) is 6.54 Å². The van der Waals surface area contributed by atoms with E-state index in [0.717, 1.165) is 0 Å². The van der Waals surface area contributed by atoms with Gasteiger partial charge in [0.05, 0.1) is 17.4 Å². The number of nitro groups is 1. The molecule has 0 saturated heterocycles. The van der Waals surface area contributed by atoms with Gasteiger partial charge in [-0.25, -0.2) is 0 Å². The molecule has 0 bridgehead atoms. The van der Waals surface area contributed by atoms with E-state index < -0.39 is 11.0 Å². The molecule has 1 aromatic rings. The maximum Gasteiger partial charge on any atom is 0.273 e. The molecule has 92 valence electrons. The Morgan fingerprint density at radius 2 is 2.18 bits per heavy atom. The van der Waals surface area contributed by atoms with Gasteiger partial charge in [-0.15, -0.1) is 0 Å². The van der Waals surface area contributed by atoms with E-state index >= 15 is 0 Å². The van der Waals surface area contributed by atoms with Crippen molar-refractivity contribution in [2.24, 2.45) is 0 Å². The zero-order valence-corrected chi connectivity index (χ0v) is 9.42. The van der Waals surface area contributed by atoms with Crippen LogP contribution in [0.3, 0.4) is 0 Å². The number of carbonyl (C=O) groups excluding carboxylic acids is 1. The molecule has 0 fully saturated rings. The second kappa shape index (κ2) is 5.95. The fraction of sp³-hybridized carbons (Fsp3) is 0.364. The number of benzene rings is 1. The second-order valence-electron chi connectivity index (χ2n) is 3.72. The Hall–Kier alpha value is -1.95. The summed E-state index contributed by atoms with van der Waals surface area (Å²) in [5.41, 5.74) is 0.292. The molecule has 0 aliphatic heterocycles. The third kappa shape index (κ3) is 4.20. The third-order valence-corrected chi connectivity index (χ3v) is 2.13. The molecular formula is C11H14N2O4. The molecular weight excluding hydrogens is 224 g/mol. The van der Waals surface area contributed by atoms with Gasteiger partial charge in [0.2, 0.25) is 5.91 Å². The number of hydrogen-bond donors (Lipinski definition) is 2. The highest BCUT2D eigenvalue weighted by atomic mass is 16.6. The normalized spacial score (nSPS) is 11.9. The lowest BCUT2D eigenvalue weighted by Gasteiger charge is -2.07. The fourth-order valence-electron chi connectivity index (χ4n) is 1.34. The van der Waals surface area contributed by atoms with Gasteiger partial charge in [-0.2, -0.15) is 0 Å². The van der Waals surface area contributed by atoms with Gasteiger partial charge >= 0.3 is 0 Å². The predicted molar refractivity (Wildman–Crippen MR) is 61.5 cm³/mol. The minimum atomic E-state index is -0.635. The third-order valence-electron chi connectivity index (χ3n) is 2.13. The van der Waals surface area contributed by atoms with Crippen molar-refractivity contribution in [3.8, 4) is 0 Å². The summed E-state index contributed by atoms with van der Waals surface area (Å²) in [6, 6.07) is 6.09. The van der Waals surface area contributed by atoms with Gasteiger partial charge in [-0.3, -0.25) is 14.9 Å². The molecule has 1 unspecified atom stereocenters. The van der Waals surface area contributed by atoms with Crippen LogP contribution >= 0.6 is 0 Å². The number of nitrogens with one attached hydrogen (secondary N) is 1. The van der Waals surface area contributed by atoms with Crippen LogP contribution in [0.1, 0.15) is 12.5 Å². The molecule has 2 N–H and O–H groups in total. The molecule has 1 atom stereocenters. The number of nitrogens with zero attached hydrogens (tertiary/aromatic N) is 1. The molecule has 0 aliphatic rings. The van der Waals surface area contributed by atoms with E-state index in [0.29, 0.717) is 5.56 Å². The number of rotatable bonds is 5. The number of nitro benzene ring substituents is 1. The van der Waals surface area contributed by atoms with Crippen molar-refractivity contribution >= 4 is 11.6 Å². The average Bonchev–Trinajstić information content (AvgIpc) is 2.27. The zero-order chi connectivity index (χ0) is 12.8. The molecule has 1 aromatic carbocycles. The molecule has 0 radical (unpaired) electrons. The number of aliphatic hydroxyl groups is 1. The van der Waals surface area contributed by atoms with Gasteiger partial charge in [-0.05, 0) is 6.92 Å². The summed E-state index contributed by atoms with van der Waals surface area (Å²) in [6.07, 6.45) is -0.700. The van der Waals surface area contributed by atoms with Crippen LogP contribution in [0.5, 0.6) is 0 Å². The molecule has 0 saturated carbocycles. The number of amides is 1. The first kappa shape index (κ1) is 13.1. The topological polar surface area (TPSA) is 92.5 Å². The summed E-state index contributed by atoms with van der Waals surface area (Å²) in [5.74, 6) is -0.347. The highest BCUT2D eigenvalue weighted by Gasteiger charge is 2.15. The molecule has 0 aliphatic carbocycles. The first-order valence-corrected chi connectivity index (χ1v) is 5.17. The van der Waals surface area contributed by atoms with E-state index in [2.05, 4.69) is 5.32 Å². The highest BCUT2D eigenvalue weighted by Crippen LogP contribution is 2.17. The first-order valence-electron chi connectivity index (χ1n) is 5.17. The maximum absolute atomic E-state index is 11.4. The molecule has 0 heterocycles. The quantitative estimate of drug-likeness (QED) is 0.581. The summed E-state index contributed by atoms with van der Waals surface area (Å²) in [5, 5.41) is 22.2. The molecule has 1 rings (SSSR count). The van der Waals surface area contributed by atoms with E-state index in [9.17, 15) is 14.9 Å². The summed E-state index contributed by atoms with van der Waals surface area (Å²) in [6.45, 7) is 1.69. The lowest BCUT2D eigenvalue weighted by atomic mass is 10.1. The van der Waals surface area contributed by atoms with Gasteiger partial charge in [0.1, 0.15) is 0 Å². The average molecular weight is 238 g/mol. The SMILES string of the molecule is CC(O)CNC(=O)Cc1ccccc1[N+](=O)[O-]. The Labute approximate surface area is 98.4 Å². The van der Waals surface area contributed by atoms with E-state index in [-0.39, 0.29) is 24.6 Å². The van der Waals surface area contributed by atoms with Crippen molar-refractivity contribution in [3.63, 3.8) is 0 Å². The van der Waals surface area contributed by atoms with Gasteiger partial charge < -0.3 is 10.4 Å². The highest BCUT2D eigenvalue weighted by molar-refractivity contribution is 5.79. The minimum absolute atomic E-state index is 0.0656. The van der Waals surface area contributed by atoms with Crippen LogP contribution in [0.25, 0.3) is 0 Å². The van der Waals surface area contributed by atoms with Crippen LogP contribution in [0, 0.1) is 10.1 Å².